The third-order valence-electron chi connectivity index (χ3n) is 3.36. The van der Waals surface area contributed by atoms with Crippen molar-refractivity contribution >= 4 is 8.07 Å². The van der Waals surface area contributed by atoms with Crippen LogP contribution in [0, 0.1) is 0 Å². The molecule has 0 aliphatic rings. The number of quaternary nitrogens is 1. The minimum atomic E-state index is -0.876. The summed E-state index contributed by atoms with van der Waals surface area (Å²) < 4.78 is 1.04. The molecule has 0 unspecified atom stereocenters. The molecule has 0 fully saturated rings. The molecular formula is C16H32NSi+. The van der Waals surface area contributed by atoms with Gasteiger partial charge in [0.25, 0.3) is 0 Å². The zero-order valence-corrected chi connectivity index (χ0v) is 13.8. The van der Waals surface area contributed by atoms with E-state index in [2.05, 4.69) is 39.4 Å². The maximum Gasteiger partial charge on any atom is 0.0975 e. The Hall–Kier alpha value is -0.603. The molecule has 0 heterocycles. The maximum atomic E-state index is 3.90. The van der Waals surface area contributed by atoms with Crippen LogP contribution in [-0.2, 0) is 0 Å². The highest BCUT2D eigenvalue weighted by atomic mass is 28.3. The maximum absolute atomic E-state index is 3.90. The number of hydrogen-bond acceptors (Lipinski definition) is 0. The standard InChI is InChI=1S/C16H32NSi/c1-7-12-17(13-8-2,14-9-3)15-10-11-16-18(4,5)6/h7-9H,1-3,10-16H2,4-6H3/q+1. The van der Waals surface area contributed by atoms with Crippen molar-refractivity contribution in [1.29, 1.82) is 0 Å². The van der Waals surface area contributed by atoms with Crippen molar-refractivity contribution in [2.75, 3.05) is 26.2 Å². The minimum Gasteiger partial charge on any atom is -0.314 e. The number of rotatable bonds is 11. The summed E-state index contributed by atoms with van der Waals surface area (Å²) in [5.74, 6) is 0. The lowest BCUT2D eigenvalue weighted by Crippen LogP contribution is -2.49. The Kier molecular flexibility index (Phi) is 8.21. The van der Waals surface area contributed by atoms with Crippen molar-refractivity contribution in [3.05, 3.63) is 38.0 Å². The lowest BCUT2D eigenvalue weighted by molar-refractivity contribution is -0.912. The van der Waals surface area contributed by atoms with Gasteiger partial charge in [0.05, 0.1) is 26.2 Å². The fourth-order valence-electron chi connectivity index (χ4n) is 2.42. The molecule has 0 aromatic carbocycles. The summed E-state index contributed by atoms with van der Waals surface area (Å²) in [4.78, 5) is 0. The summed E-state index contributed by atoms with van der Waals surface area (Å²) in [6.07, 6.45) is 8.77. The quantitative estimate of drug-likeness (QED) is 0.224. The molecule has 2 heteroatoms. The highest BCUT2D eigenvalue weighted by molar-refractivity contribution is 6.76. The van der Waals surface area contributed by atoms with Gasteiger partial charge in [-0.2, -0.15) is 0 Å². The van der Waals surface area contributed by atoms with Gasteiger partial charge in [0, 0.05) is 8.07 Å². The summed E-state index contributed by atoms with van der Waals surface area (Å²) >= 11 is 0. The van der Waals surface area contributed by atoms with Crippen molar-refractivity contribution in [2.24, 2.45) is 0 Å². The topological polar surface area (TPSA) is 0 Å². The van der Waals surface area contributed by atoms with Crippen LogP contribution in [0.2, 0.25) is 25.7 Å². The van der Waals surface area contributed by atoms with E-state index >= 15 is 0 Å². The van der Waals surface area contributed by atoms with Crippen LogP contribution in [0.5, 0.6) is 0 Å². The van der Waals surface area contributed by atoms with E-state index in [1.165, 1.54) is 25.4 Å². The van der Waals surface area contributed by atoms with Crippen molar-refractivity contribution in [1.82, 2.24) is 0 Å². The third-order valence-corrected chi connectivity index (χ3v) is 5.21. The van der Waals surface area contributed by atoms with Crippen LogP contribution in [0.1, 0.15) is 12.8 Å². The van der Waals surface area contributed by atoms with E-state index in [-0.39, 0.29) is 0 Å². The van der Waals surface area contributed by atoms with Gasteiger partial charge < -0.3 is 4.48 Å². The van der Waals surface area contributed by atoms with Gasteiger partial charge in [0.2, 0.25) is 0 Å². The highest BCUT2D eigenvalue weighted by Gasteiger charge is 2.22. The van der Waals surface area contributed by atoms with Crippen LogP contribution in [0.3, 0.4) is 0 Å². The van der Waals surface area contributed by atoms with E-state index in [0.717, 1.165) is 24.1 Å². The van der Waals surface area contributed by atoms with Crippen LogP contribution in [0.15, 0.2) is 38.0 Å². The molecule has 0 radical (unpaired) electrons. The average Bonchev–Trinajstić information content (AvgIpc) is 2.24. The molecular weight excluding hydrogens is 234 g/mol. The van der Waals surface area contributed by atoms with E-state index in [9.17, 15) is 0 Å². The largest absolute Gasteiger partial charge is 0.314 e. The molecule has 0 saturated heterocycles. The number of hydrogen-bond donors (Lipinski definition) is 0. The fraction of sp³-hybridized carbons (Fsp3) is 0.625. The molecule has 0 aromatic rings. The van der Waals surface area contributed by atoms with Gasteiger partial charge >= 0.3 is 0 Å². The molecule has 0 spiro atoms. The predicted molar refractivity (Wildman–Crippen MR) is 87.7 cm³/mol. The lowest BCUT2D eigenvalue weighted by atomic mass is 10.2. The molecule has 0 bridgehead atoms. The number of nitrogens with zero attached hydrogens (tertiary/aromatic N) is 1. The SMILES string of the molecule is C=CC[N+](CC=C)(CC=C)CCCC[Si](C)(C)C. The Labute approximate surface area is 115 Å². The van der Waals surface area contributed by atoms with E-state index in [1.54, 1.807) is 0 Å². The monoisotopic (exact) mass is 266 g/mol. The molecule has 104 valence electrons. The van der Waals surface area contributed by atoms with E-state index in [4.69, 9.17) is 0 Å². The third kappa shape index (κ3) is 7.67. The first-order chi connectivity index (χ1) is 8.39. The van der Waals surface area contributed by atoms with Crippen molar-refractivity contribution in [3.8, 4) is 0 Å². The molecule has 0 aromatic heterocycles. The second kappa shape index (κ2) is 8.49. The number of unbranched alkanes of at least 4 members (excludes halogenated alkanes) is 1. The molecule has 18 heavy (non-hydrogen) atoms. The zero-order valence-electron chi connectivity index (χ0n) is 12.8. The Morgan fingerprint density at radius 1 is 0.833 bits per heavy atom. The van der Waals surface area contributed by atoms with E-state index in [1.807, 2.05) is 18.2 Å². The van der Waals surface area contributed by atoms with Gasteiger partial charge in [-0.1, -0.05) is 51.8 Å². The second-order valence-electron chi connectivity index (χ2n) is 6.50. The van der Waals surface area contributed by atoms with E-state index < -0.39 is 8.07 Å². The highest BCUT2D eigenvalue weighted by Crippen LogP contribution is 2.16. The van der Waals surface area contributed by atoms with Gasteiger partial charge in [-0.05, 0) is 24.6 Å². The summed E-state index contributed by atoms with van der Waals surface area (Å²) in [5.41, 5.74) is 0. The van der Waals surface area contributed by atoms with Crippen LogP contribution in [0.25, 0.3) is 0 Å². The second-order valence-corrected chi connectivity index (χ2v) is 12.1. The van der Waals surface area contributed by atoms with Crippen molar-refractivity contribution in [2.45, 2.75) is 38.5 Å². The Balaban J connectivity index is 4.33. The van der Waals surface area contributed by atoms with Crippen molar-refractivity contribution < 1.29 is 4.48 Å². The van der Waals surface area contributed by atoms with Crippen LogP contribution < -0.4 is 0 Å². The first kappa shape index (κ1) is 17.4. The van der Waals surface area contributed by atoms with E-state index in [0.29, 0.717) is 0 Å². The molecule has 0 aliphatic heterocycles. The smallest absolute Gasteiger partial charge is 0.0975 e. The molecule has 0 atom stereocenters. The van der Waals surface area contributed by atoms with Crippen LogP contribution in [0.4, 0.5) is 0 Å². The summed E-state index contributed by atoms with van der Waals surface area (Å²) in [7, 11) is -0.876. The Morgan fingerprint density at radius 3 is 1.61 bits per heavy atom. The molecule has 0 amide bonds. The lowest BCUT2D eigenvalue weighted by Gasteiger charge is -2.36. The summed E-state index contributed by atoms with van der Waals surface area (Å²) in [5, 5.41) is 0. The summed E-state index contributed by atoms with van der Waals surface area (Å²) in [6.45, 7) is 23.3. The summed E-state index contributed by atoms with van der Waals surface area (Å²) in [6, 6.07) is 1.43. The van der Waals surface area contributed by atoms with Gasteiger partial charge in [-0.15, -0.1) is 0 Å². The molecule has 0 N–H and O–H groups in total. The van der Waals surface area contributed by atoms with Gasteiger partial charge in [-0.25, -0.2) is 0 Å². The van der Waals surface area contributed by atoms with Crippen molar-refractivity contribution in [3.63, 3.8) is 0 Å². The molecule has 1 nitrogen and oxygen atoms in total. The van der Waals surface area contributed by atoms with Crippen LogP contribution in [-0.4, -0.2) is 38.7 Å². The molecule has 0 rings (SSSR count). The fourth-order valence-corrected chi connectivity index (χ4v) is 3.73. The predicted octanol–water partition coefficient (Wildman–Crippen LogP) is 4.48. The van der Waals surface area contributed by atoms with Gasteiger partial charge in [0.15, 0.2) is 0 Å². The van der Waals surface area contributed by atoms with Gasteiger partial charge in [-0.3, -0.25) is 0 Å². The first-order valence-electron chi connectivity index (χ1n) is 7.07. The van der Waals surface area contributed by atoms with Gasteiger partial charge in [0.1, 0.15) is 0 Å². The Morgan fingerprint density at radius 2 is 1.28 bits per heavy atom. The minimum absolute atomic E-state index is 0.876. The zero-order chi connectivity index (χ0) is 14.1. The molecule has 0 saturated carbocycles. The first-order valence-corrected chi connectivity index (χ1v) is 10.8. The average molecular weight is 267 g/mol. The normalized spacial score (nSPS) is 12.2. The molecule has 0 aliphatic carbocycles. The Bertz CT molecular complexity index is 236. The van der Waals surface area contributed by atoms with Crippen LogP contribution >= 0.6 is 0 Å².